The number of thiophene rings is 1. The van der Waals surface area contributed by atoms with E-state index in [1.54, 1.807) is 12.4 Å². The van der Waals surface area contributed by atoms with Crippen molar-refractivity contribution in [1.82, 2.24) is 4.98 Å². The maximum atomic E-state index is 12.5. The van der Waals surface area contributed by atoms with Crippen molar-refractivity contribution >= 4 is 33.7 Å². The highest BCUT2D eigenvalue weighted by molar-refractivity contribution is 7.12. The van der Waals surface area contributed by atoms with Crippen LogP contribution in [0.1, 0.15) is 15.7 Å². The number of amides is 1. The van der Waals surface area contributed by atoms with Crippen LogP contribution in [-0.4, -0.2) is 22.5 Å². The molecule has 118 valence electrons. The summed E-state index contributed by atoms with van der Waals surface area (Å²) in [6, 6.07) is 11.3. The number of carbonyl (C=O) groups excluding carboxylic acids is 1. The first-order valence-corrected chi connectivity index (χ1v) is 8.07. The van der Waals surface area contributed by atoms with Gasteiger partial charge in [0, 0.05) is 39.8 Å². The predicted octanol–water partition coefficient (Wildman–Crippen LogP) is 2.47. The maximum Gasteiger partial charge on any atom is 0.234 e. The van der Waals surface area contributed by atoms with Crippen LogP contribution in [0, 0.1) is 0 Å². The molecule has 0 aliphatic rings. The van der Waals surface area contributed by atoms with Crippen LogP contribution in [0.2, 0.25) is 0 Å². The third-order valence-corrected chi connectivity index (χ3v) is 4.83. The molecule has 0 bridgehead atoms. The number of carbonyl (C=O) groups is 1. The molecular formula is C17H17N3O2S. The molecule has 0 spiro atoms. The smallest absolute Gasteiger partial charge is 0.234 e. The second-order valence-corrected chi connectivity index (χ2v) is 6.38. The van der Waals surface area contributed by atoms with Crippen LogP contribution >= 0.6 is 11.3 Å². The van der Waals surface area contributed by atoms with E-state index in [1.165, 1.54) is 11.3 Å². The monoisotopic (exact) mass is 327 g/mol. The first-order valence-electron chi connectivity index (χ1n) is 7.25. The minimum absolute atomic E-state index is 0.0255. The van der Waals surface area contributed by atoms with Crippen LogP contribution in [0.5, 0.6) is 0 Å². The van der Waals surface area contributed by atoms with E-state index < -0.39 is 5.92 Å². The number of aliphatic hydroxyl groups excluding tert-OH is 1. The van der Waals surface area contributed by atoms with Crippen LogP contribution in [0.15, 0.2) is 48.8 Å². The van der Waals surface area contributed by atoms with Gasteiger partial charge in [-0.25, -0.2) is 0 Å². The summed E-state index contributed by atoms with van der Waals surface area (Å²) in [6.45, 7) is 0.191. The molecule has 1 aromatic carbocycles. The average molecular weight is 327 g/mol. The van der Waals surface area contributed by atoms with Crippen molar-refractivity contribution in [2.75, 3.05) is 11.9 Å². The number of benzene rings is 1. The van der Waals surface area contributed by atoms with E-state index in [1.807, 2.05) is 36.4 Å². The molecule has 3 rings (SSSR count). The zero-order chi connectivity index (χ0) is 16.2. The molecule has 0 aliphatic heterocycles. The van der Waals surface area contributed by atoms with Gasteiger partial charge in [-0.15, -0.1) is 11.3 Å². The number of aromatic nitrogens is 1. The minimum Gasteiger partial charge on any atom is -0.391 e. The molecule has 4 N–H and O–H groups in total. The third-order valence-electron chi connectivity index (χ3n) is 3.64. The van der Waals surface area contributed by atoms with Gasteiger partial charge in [-0.2, -0.15) is 0 Å². The summed E-state index contributed by atoms with van der Waals surface area (Å²) in [7, 11) is 0. The van der Waals surface area contributed by atoms with Gasteiger partial charge in [0.25, 0.3) is 0 Å². The van der Waals surface area contributed by atoms with Crippen molar-refractivity contribution in [2.45, 2.75) is 12.5 Å². The number of hydrogen-bond donors (Lipinski definition) is 3. The Hall–Kier alpha value is -2.28. The highest BCUT2D eigenvalue weighted by Gasteiger charge is 2.21. The Kier molecular flexibility index (Phi) is 4.66. The van der Waals surface area contributed by atoms with E-state index >= 15 is 0 Å². The summed E-state index contributed by atoms with van der Waals surface area (Å²) >= 11 is 1.41. The quantitative estimate of drug-likeness (QED) is 0.672. The standard InChI is InChI=1S/C17H17N3O2S/c18-8-15(16-4-3-14(10-21)23-16)17(22)20-13-2-1-12-9-19-6-5-11(12)7-13/h1-7,9,15,21H,8,10,18H2,(H,20,22). The zero-order valence-electron chi connectivity index (χ0n) is 12.4. The fourth-order valence-electron chi connectivity index (χ4n) is 2.41. The number of pyridine rings is 1. The zero-order valence-corrected chi connectivity index (χ0v) is 13.2. The van der Waals surface area contributed by atoms with Crippen molar-refractivity contribution < 1.29 is 9.90 Å². The summed E-state index contributed by atoms with van der Waals surface area (Å²) < 4.78 is 0. The molecule has 0 saturated carbocycles. The summed E-state index contributed by atoms with van der Waals surface area (Å²) in [6.07, 6.45) is 3.50. The second-order valence-electron chi connectivity index (χ2n) is 5.18. The lowest BCUT2D eigenvalue weighted by Gasteiger charge is -2.14. The molecule has 0 aliphatic carbocycles. The van der Waals surface area contributed by atoms with Gasteiger partial charge in [-0.1, -0.05) is 6.07 Å². The summed E-state index contributed by atoms with van der Waals surface area (Å²) in [5.41, 5.74) is 6.50. The highest BCUT2D eigenvalue weighted by atomic mass is 32.1. The fourth-order valence-corrected chi connectivity index (χ4v) is 3.39. The van der Waals surface area contributed by atoms with Crippen molar-refractivity contribution in [3.05, 3.63) is 58.5 Å². The number of fused-ring (bicyclic) bond motifs is 1. The van der Waals surface area contributed by atoms with Gasteiger partial charge in [0.15, 0.2) is 0 Å². The van der Waals surface area contributed by atoms with Gasteiger partial charge in [0.1, 0.15) is 0 Å². The van der Waals surface area contributed by atoms with Gasteiger partial charge in [0.2, 0.25) is 5.91 Å². The van der Waals surface area contributed by atoms with Crippen LogP contribution in [0.3, 0.4) is 0 Å². The topological polar surface area (TPSA) is 88.2 Å². The maximum absolute atomic E-state index is 12.5. The molecule has 0 saturated heterocycles. The first kappa shape index (κ1) is 15.6. The van der Waals surface area contributed by atoms with Gasteiger partial charge < -0.3 is 16.2 Å². The van der Waals surface area contributed by atoms with Gasteiger partial charge in [-0.05, 0) is 35.7 Å². The molecule has 6 heteroatoms. The molecule has 3 aromatic rings. The molecule has 1 atom stereocenters. The van der Waals surface area contributed by atoms with Crippen LogP contribution in [0.25, 0.3) is 10.8 Å². The third kappa shape index (κ3) is 3.39. The van der Waals surface area contributed by atoms with E-state index in [2.05, 4.69) is 10.3 Å². The molecule has 1 amide bonds. The molecule has 5 nitrogen and oxygen atoms in total. The Morgan fingerprint density at radius 2 is 2.13 bits per heavy atom. The number of nitrogens with two attached hydrogens (primary N) is 1. The molecule has 0 radical (unpaired) electrons. The molecule has 2 heterocycles. The van der Waals surface area contributed by atoms with Crippen molar-refractivity contribution in [1.29, 1.82) is 0 Å². The number of hydrogen-bond acceptors (Lipinski definition) is 5. The summed E-state index contributed by atoms with van der Waals surface area (Å²) in [4.78, 5) is 18.3. The molecule has 0 fully saturated rings. The lowest BCUT2D eigenvalue weighted by atomic mass is 10.1. The second kappa shape index (κ2) is 6.87. The van der Waals surface area contributed by atoms with Crippen LogP contribution in [-0.2, 0) is 11.4 Å². The largest absolute Gasteiger partial charge is 0.391 e. The van der Waals surface area contributed by atoms with Gasteiger partial charge >= 0.3 is 0 Å². The number of aliphatic hydroxyl groups is 1. The van der Waals surface area contributed by atoms with Crippen LogP contribution < -0.4 is 11.1 Å². The Morgan fingerprint density at radius 1 is 1.26 bits per heavy atom. The number of nitrogens with one attached hydrogen (secondary N) is 1. The lowest BCUT2D eigenvalue weighted by Crippen LogP contribution is -2.26. The van der Waals surface area contributed by atoms with Gasteiger partial charge in [0.05, 0.1) is 12.5 Å². The van der Waals surface area contributed by atoms with Crippen molar-refractivity contribution in [3.8, 4) is 0 Å². The normalized spacial score (nSPS) is 12.3. The van der Waals surface area contributed by atoms with E-state index in [9.17, 15) is 4.79 Å². The molecular weight excluding hydrogens is 310 g/mol. The number of anilines is 1. The van der Waals surface area contributed by atoms with E-state index in [0.717, 1.165) is 26.2 Å². The Balaban J connectivity index is 1.80. The Morgan fingerprint density at radius 3 is 2.87 bits per heavy atom. The van der Waals surface area contributed by atoms with E-state index in [-0.39, 0.29) is 19.1 Å². The van der Waals surface area contributed by atoms with Crippen molar-refractivity contribution in [2.24, 2.45) is 5.73 Å². The Bertz CT molecular complexity index is 831. The minimum atomic E-state index is -0.423. The fraction of sp³-hybridized carbons (Fsp3) is 0.176. The van der Waals surface area contributed by atoms with Crippen LogP contribution in [0.4, 0.5) is 5.69 Å². The van der Waals surface area contributed by atoms with Crippen molar-refractivity contribution in [3.63, 3.8) is 0 Å². The predicted molar refractivity (Wildman–Crippen MR) is 92.4 cm³/mol. The van der Waals surface area contributed by atoms with E-state index in [4.69, 9.17) is 10.8 Å². The Labute approximate surface area is 137 Å². The average Bonchev–Trinajstić information content (AvgIpc) is 3.04. The van der Waals surface area contributed by atoms with E-state index in [0.29, 0.717) is 0 Å². The lowest BCUT2D eigenvalue weighted by molar-refractivity contribution is -0.117. The van der Waals surface area contributed by atoms with Gasteiger partial charge in [-0.3, -0.25) is 9.78 Å². The summed E-state index contributed by atoms with van der Waals surface area (Å²) in [5, 5.41) is 14.1. The number of nitrogens with zero attached hydrogens (tertiary/aromatic N) is 1. The summed E-state index contributed by atoms with van der Waals surface area (Å²) in [5.74, 6) is -0.569. The molecule has 2 aromatic heterocycles. The highest BCUT2D eigenvalue weighted by Crippen LogP contribution is 2.26. The molecule has 23 heavy (non-hydrogen) atoms. The first-order chi connectivity index (χ1) is 11.2. The number of rotatable bonds is 5. The SMILES string of the molecule is NCC(C(=O)Nc1ccc2cnccc2c1)c1ccc(CO)s1. The molecule has 1 unspecified atom stereocenters.